The number of hydrogen-bond donors (Lipinski definition) is 1. The third-order valence-electron chi connectivity index (χ3n) is 2.34. The quantitative estimate of drug-likeness (QED) is 0.797. The van der Waals surface area contributed by atoms with Crippen molar-refractivity contribution in [3.63, 3.8) is 0 Å². The highest BCUT2D eigenvalue weighted by Crippen LogP contribution is 2.29. The Labute approximate surface area is 85.0 Å². The second-order valence-corrected chi connectivity index (χ2v) is 3.12. The van der Waals surface area contributed by atoms with Crippen LogP contribution < -0.4 is 14.8 Å². The molecule has 14 heavy (non-hydrogen) atoms. The maximum Gasteiger partial charge on any atom is 0.161 e. The molecule has 0 fully saturated rings. The van der Waals surface area contributed by atoms with Crippen LogP contribution in [0.4, 0.5) is 0 Å². The van der Waals surface area contributed by atoms with Gasteiger partial charge in [0.25, 0.3) is 0 Å². The predicted molar refractivity (Wildman–Crippen MR) is 57.0 cm³/mol. The van der Waals surface area contributed by atoms with Crippen LogP contribution in [-0.4, -0.2) is 21.3 Å². The van der Waals surface area contributed by atoms with Gasteiger partial charge in [0, 0.05) is 6.04 Å². The summed E-state index contributed by atoms with van der Waals surface area (Å²) in [7, 11) is 5.21. The van der Waals surface area contributed by atoms with Gasteiger partial charge in [-0.3, -0.25) is 0 Å². The molecule has 0 aromatic heterocycles. The van der Waals surface area contributed by atoms with Crippen LogP contribution in [0.3, 0.4) is 0 Å². The SMILES string of the molecule is CN[C@@H](C)c1ccc(OC)c(OC)c1. The molecule has 0 radical (unpaired) electrons. The van der Waals surface area contributed by atoms with Crippen molar-refractivity contribution in [2.45, 2.75) is 13.0 Å². The van der Waals surface area contributed by atoms with E-state index < -0.39 is 0 Å². The summed E-state index contributed by atoms with van der Waals surface area (Å²) in [4.78, 5) is 0. The molecule has 1 N–H and O–H groups in total. The van der Waals surface area contributed by atoms with E-state index in [9.17, 15) is 0 Å². The first-order chi connectivity index (χ1) is 6.72. The lowest BCUT2D eigenvalue weighted by molar-refractivity contribution is 0.354. The smallest absolute Gasteiger partial charge is 0.161 e. The molecule has 0 bridgehead atoms. The van der Waals surface area contributed by atoms with Crippen molar-refractivity contribution in [1.29, 1.82) is 0 Å². The second-order valence-electron chi connectivity index (χ2n) is 3.12. The fraction of sp³-hybridized carbons (Fsp3) is 0.455. The molecule has 1 aromatic rings. The van der Waals surface area contributed by atoms with Crippen LogP contribution in [0.15, 0.2) is 18.2 Å². The zero-order chi connectivity index (χ0) is 10.6. The second kappa shape index (κ2) is 4.86. The monoisotopic (exact) mass is 195 g/mol. The molecule has 0 saturated heterocycles. The van der Waals surface area contributed by atoms with Gasteiger partial charge in [-0.05, 0) is 31.7 Å². The lowest BCUT2D eigenvalue weighted by Gasteiger charge is -2.13. The average molecular weight is 195 g/mol. The Balaban J connectivity index is 3.01. The zero-order valence-electron chi connectivity index (χ0n) is 9.13. The van der Waals surface area contributed by atoms with Crippen LogP contribution in [-0.2, 0) is 0 Å². The number of nitrogens with one attached hydrogen (secondary N) is 1. The molecule has 3 heteroatoms. The largest absolute Gasteiger partial charge is 0.493 e. The Morgan fingerprint density at radius 1 is 1.14 bits per heavy atom. The van der Waals surface area contributed by atoms with Crippen LogP contribution in [0.25, 0.3) is 0 Å². The lowest BCUT2D eigenvalue weighted by atomic mass is 10.1. The highest BCUT2D eigenvalue weighted by Gasteiger charge is 2.07. The Morgan fingerprint density at radius 2 is 1.79 bits per heavy atom. The first-order valence-electron chi connectivity index (χ1n) is 4.62. The van der Waals surface area contributed by atoms with E-state index in [1.54, 1.807) is 14.2 Å². The molecule has 0 spiro atoms. The lowest BCUT2D eigenvalue weighted by Crippen LogP contribution is -2.12. The zero-order valence-corrected chi connectivity index (χ0v) is 9.13. The summed E-state index contributed by atoms with van der Waals surface area (Å²) in [5.41, 5.74) is 1.19. The van der Waals surface area contributed by atoms with Gasteiger partial charge < -0.3 is 14.8 Å². The summed E-state index contributed by atoms with van der Waals surface area (Å²) in [6.07, 6.45) is 0. The van der Waals surface area contributed by atoms with Gasteiger partial charge in [0.2, 0.25) is 0 Å². The summed E-state index contributed by atoms with van der Waals surface area (Å²) in [6.45, 7) is 2.10. The third kappa shape index (κ3) is 2.17. The van der Waals surface area contributed by atoms with Gasteiger partial charge in [-0.2, -0.15) is 0 Å². The molecule has 1 rings (SSSR count). The van der Waals surface area contributed by atoms with E-state index in [2.05, 4.69) is 12.2 Å². The molecule has 0 heterocycles. The van der Waals surface area contributed by atoms with Gasteiger partial charge >= 0.3 is 0 Å². The standard InChI is InChI=1S/C11H17NO2/c1-8(12-2)9-5-6-10(13-3)11(7-9)14-4/h5-8,12H,1-4H3/t8-/m0/s1. The molecule has 78 valence electrons. The summed E-state index contributed by atoms with van der Waals surface area (Å²) >= 11 is 0. The molecule has 1 atom stereocenters. The molecule has 3 nitrogen and oxygen atoms in total. The fourth-order valence-electron chi connectivity index (χ4n) is 1.29. The maximum absolute atomic E-state index is 5.22. The van der Waals surface area contributed by atoms with Crippen molar-refractivity contribution in [2.75, 3.05) is 21.3 Å². The minimum atomic E-state index is 0.315. The van der Waals surface area contributed by atoms with E-state index in [-0.39, 0.29) is 0 Å². The number of hydrogen-bond acceptors (Lipinski definition) is 3. The van der Waals surface area contributed by atoms with Crippen molar-refractivity contribution >= 4 is 0 Å². The fourth-order valence-corrected chi connectivity index (χ4v) is 1.29. The molecule has 0 saturated carbocycles. The highest BCUT2D eigenvalue weighted by molar-refractivity contribution is 5.43. The van der Waals surface area contributed by atoms with Crippen molar-refractivity contribution in [1.82, 2.24) is 5.32 Å². The Bertz CT molecular complexity index is 299. The average Bonchev–Trinajstić information content (AvgIpc) is 2.26. The third-order valence-corrected chi connectivity index (χ3v) is 2.34. The molecule has 0 unspecified atom stereocenters. The number of methoxy groups -OCH3 is 2. The van der Waals surface area contributed by atoms with E-state index >= 15 is 0 Å². The van der Waals surface area contributed by atoms with Gasteiger partial charge in [0.05, 0.1) is 14.2 Å². The van der Waals surface area contributed by atoms with Crippen LogP contribution in [0.1, 0.15) is 18.5 Å². The summed E-state index contributed by atoms with van der Waals surface area (Å²) in [6, 6.07) is 6.25. The number of benzene rings is 1. The molecular formula is C11H17NO2. The van der Waals surface area contributed by atoms with Crippen LogP contribution in [0.2, 0.25) is 0 Å². The summed E-state index contributed by atoms with van der Waals surface area (Å²) < 4.78 is 10.4. The first-order valence-corrected chi connectivity index (χ1v) is 4.62. The topological polar surface area (TPSA) is 30.5 Å². The highest BCUT2D eigenvalue weighted by atomic mass is 16.5. The maximum atomic E-state index is 5.22. The minimum Gasteiger partial charge on any atom is -0.493 e. The van der Waals surface area contributed by atoms with Gasteiger partial charge in [0.1, 0.15) is 0 Å². The molecule has 0 aliphatic carbocycles. The summed E-state index contributed by atoms with van der Waals surface area (Å²) in [5.74, 6) is 1.53. The Morgan fingerprint density at radius 3 is 2.29 bits per heavy atom. The van der Waals surface area contributed by atoms with Crippen LogP contribution in [0.5, 0.6) is 11.5 Å². The van der Waals surface area contributed by atoms with E-state index in [1.165, 1.54) is 5.56 Å². The minimum absolute atomic E-state index is 0.315. The number of ether oxygens (including phenoxy) is 2. The van der Waals surface area contributed by atoms with Gasteiger partial charge in [-0.15, -0.1) is 0 Å². The van der Waals surface area contributed by atoms with Gasteiger partial charge in [-0.1, -0.05) is 6.07 Å². The molecular weight excluding hydrogens is 178 g/mol. The first kappa shape index (κ1) is 10.9. The number of rotatable bonds is 4. The van der Waals surface area contributed by atoms with E-state index in [0.29, 0.717) is 6.04 Å². The normalized spacial score (nSPS) is 12.3. The van der Waals surface area contributed by atoms with Crippen LogP contribution >= 0.6 is 0 Å². The molecule has 1 aromatic carbocycles. The Hall–Kier alpha value is -1.22. The van der Waals surface area contributed by atoms with Crippen molar-refractivity contribution in [3.8, 4) is 11.5 Å². The van der Waals surface area contributed by atoms with Gasteiger partial charge in [0.15, 0.2) is 11.5 Å². The summed E-state index contributed by atoms with van der Waals surface area (Å²) in [5, 5.41) is 3.17. The predicted octanol–water partition coefficient (Wildman–Crippen LogP) is 1.98. The van der Waals surface area contributed by atoms with Crippen molar-refractivity contribution < 1.29 is 9.47 Å². The van der Waals surface area contributed by atoms with E-state index in [1.807, 2.05) is 25.2 Å². The van der Waals surface area contributed by atoms with Crippen molar-refractivity contribution in [3.05, 3.63) is 23.8 Å². The van der Waals surface area contributed by atoms with Crippen molar-refractivity contribution in [2.24, 2.45) is 0 Å². The van der Waals surface area contributed by atoms with Crippen LogP contribution in [0, 0.1) is 0 Å². The molecule has 0 amide bonds. The molecule has 0 aliphatic rings. The van der Waals surface area contributed by atoms with E-state index in [4.69, 9.17) is 9.47 Å². The van der Waals surface area contributed by atoms with E-state index in [0.717, 1.165) is 11.5 Å². The van der Waals surface area contributed by atoms with Gasteiger partial charge in [-0.25, -0.2) is 0 Å². The molecule has 0 aliphatic heterocycles. The Kier molecular flexibility index (Phi) is 3.77.